The normalized spacial score (nSPS) is 14.9. The molecule has 11 nitrogen and oxygen atoms in total. The van der Waals surface area contributed by atoms with Crippen molar-refractivity contribution in [2.75, 3.05) is 36.1 Å². The molecule has 12 heteroatoms. The van der Waals surface area contributed by atoms with Crippen molar-refractivity contribution in [1.82, 2.24) is 25.1 Å². The van der Waals surface area contributed by atoms with Gasteiger partial charge in [-0.3, -0.25) is 4.79 Å². The van der Waals surface area contributed by atoms with Gasteiger partial charge >= 0.3 is 0 Å². The Hall–Kier alpha value is -5.00. The van der Waals surface area contributed by atoms with Crippen LogP contribution in [0, 0.1) is 5.82 Å². The molecule has 0 bridgehead atoms. The van der Waals surface area contributed by atoms with Gasteiger partial charge in [-0.05, 0) is 57.2 Å². The summed E-state index contributed by atoms with van der Waals surface area (Å²) >= 11 is 0. The Morgan fingerprint density at radius 2 is 1.77 bits per heavy atom. The van der Waals surface area contributed by atoms with Crippen LogP contribution in [-0.4, -0.2) is 63.8 Å². The molecule has 6 rings (SSSR count). The van der Waals surface area contributed by atoms with Gasteiger partial charge in [-0.1, -0.05) is 6.08 Å². The van der Waals surface area contributed by atoms with Crippen molar-refractivity contribution < 1.29 is 18.7 Å². The first-order chi connectivity index (χ1) is 21.5. The molecule has 2 aromatic heterocycles. The van der Waals surface area contributed by atoms with Gasteiger partial charge in [-0.25, -0.2) is 14.4 Å². The Labute approximate surface area is 255 Å². The topological polar surface area (TPSA) is 126 Å². The lowest BCUT2D eigenvalue weighted by atomic mass is 9.93. The zero-order chi connectivity index (χ0) is 30.9. The Balaban J connectivity index is 0.00000123. The second-order valence-electron chi connectivity index (χ2n) is 10.7. The molecule has 1 saturated heterocycles. The van der Waals surface area contributed by atoms with Crippen LogP contribution in [0.15, 0.2) is 61.6 Å². The van der Waals surface area contributed by atoms with Crippen LogP contribution in [-0.2, 0) is 4.79 Å². The summed E-state index contributed by atoms with van der Waals surface area (Å²) in [4.78, 5) is 21.6. The predicted octanol–water partition coefficient (Wildman–Crippen LogP) is 6.29. The number of aromatic nitrogens is 4. The molecule has 4 aromatic rings. The van der Waals surface area contributed by atoms with E-state index >= 15 is 4.39 Å². The summed E-state index contributed by atoms with van der Waals surface area (Å²) in [5.41, 5.74) is 1.67. The molecule has 1 aliphatic carbocycles. The van der Waals surface area contributed by atoms with E-state index in [1.165, 1.54) is 25.0 Å². The number of nitrogens with zero attached hydrogens (tertiary/aromatic N) is 5. The number of fused-ring (bicyclic) bond motifs is 1. The van der Waals surface area contributed by atoms with Crippen LogP contribution < -0.4 is 25.4 Å². The third kappa shape index (κ3) is 7.49. The van der Waals surface area contributed by atoms with E-state index in [4.69, 9.17) is 9.47 Å². The third-order valence-corrected chi connectivity index (χ3v) is 7.51. The molecule has 0 unspecified atom stereocenters. The van der Waals surface area contributed by atoms with Crippen molar-refractivity contribution in [3.63, 3.8) is 0 Å². The second kappa shape index (κ2) is 14.5. The fraction of sp³-hybridized carbons (Fsp3) is 0.344. The van der Waals surface area contributed by atoms with Gasteiger partial charge in [0.05, 0.1) is 30.2 Å². The van der Waals surface area contributed by atoms with Gasteiger partial charge in [0, 0.05) is 48.8 Å². The summed E-state index contributed by atoms with van der Waals surface area (Å²) in [6, 6.07) is 10.7. The average molecular weight is 601 g/mol. The van der Waals surface area contributed by atoms with Crippen LogP contribution in [0.2, 0.25) is 0 Å². The van der Waals surface area contributed by atoms with Gasteiger partial charge in [-0.15, -0.1) is 11.7 Å². The smallest absolute Gasteiger partial charge is 0.209 e. The third-order valence-electron chi connectivity index (χ3n) is 7.51. The van der Waals surface area contributed by atoms with Crippen LogP contribution >= 0.6 is 0 Å². The molecule has 3 heterocycles. The van der Waals surface area contributed by atoms with Crippen molar-refractivity contribution in [2.24, 2.45) is 0 Å². The van der Waals surface area contributed by atoms with Gasteiger partial charge in [0.15, 0.2) is 11.6 Å². The molecule has 230 valence electrons. The number of nitrogens with one attached hydrogen (secondary N) is 3. The molecule has 0 radical (unpaired) electrons. The lowest BCUT2D eigenvalue weighted by Crippen LogP contribution is -2.38. The Morgan fingerprint density at radius 3 is 2.45 bits per heavy atom. The molecule has 3 N–H and O–H groups in total. The lowest BCUT2D eigenvalue weighted by molar-refractivity contribution is -0.118. The summed E-state index contributed by atoms with van der Waals surface area (Å²) in [6.45, 7) is 6.64. The highest BCUT2D eigenvalue weighted by Crippen LogP contribution is 2.35. The Kier molecular flexibility index (Phi) is 10.0. The monoisotopic (exact) mass is 600 g/mol. The fourth-order valence-electron chi connectivity index (χ4n) is 5.00. The highest BCUT2D eigenvalue weighted by atomic mass is 19.1. The molecule has 0 atom stereocenters. The number of allylic oxidation sites excluding steroid dienone is 1. The van der Waals surface area contributed by atoms with E-state index in [0.717, 1.165) is 37.8 Å². The fourth-order valence-corrected chi connectivity index (χ4v) is 5.00. The number of methoxy groups -OCH3 is 1. The maximum atomic E-state index is 15.2. The maximum Gasteiger partial charge on any atom is 0.209 e. The maximum absolute atomic E-state index is 15.2. The van der Waals surface area contributed by atoms with Gasteiger partial charge in [0.2, 0.25) is 6.41 Å². The van der Waals surface area contributed by atoms with E-state index in [1.807, 2.05) is 19.1 Å². The van der Waals surface area contributed by atoms with Crippen molar-refractivity contribution in [3.05, 3.63) is 67.4 Å². The molecule has 1 amide bonds. The summed E-state index contributed by atoms with van der Waals surface area (Å²) in [5.74, 6) is 2.03. The van der Waals surface area contributed by atoms with Crippen LogP contribution in [0.1, 0.15) is 39.0 Å². The minimum Gasteiger partial charge on any atom is -0.495 e. The number of amides is 1. The number of anilines is 4. The van der Waals surface area contributed by atoms with Crippen molar-refractivity contribution >= 4 is 40.3 Å². The summed E-state index contributed by atoms with van der Waals surface area (Å²) in [5, 5.41) is 18.8. The zero-order valence-corrected chi connectivity index (χ0v) is 24.9. The van der Waals surface area contributed by atoms with Crippen LogP contribution in [0.5, 0.6) is 17.2 Å². The summed E-state index contributed by atoms with van der Waals surface area (Å²) in [7, 11) is 1.61. The molecule has 0 spiro atoms. The molecule has 2 aromatic carbocycles. The van der Waals surface area contributed by atoms with Crippen LogP contribution in [0.4, 0.5) is 27.4 Å². The number of benzene rings is 2. The molecule has 1 aliphatic heterocycles. The van der Waals surface area contributed by atoms with Crippen molar-refractivity contribution in [2.45, 2.75) is 51.1 Å². The predicted molar refractivity (Wildman–Crippen MR) is 169 cm³/mol. The van der Waals surface area contributed by atoms with E-state index in [2.05, 4.69) is 42.7 Å². The first-order valence-corrected chi connectivity index (χ1v) is 14.7. The van der Waals surface area contributed by atoms with Crippen molar-refractivity contribution in [3.8, 4) is 17.2 Å². The standard InChI is InChI=1S/C29H31FN8O3.C3H6/c1-40-27-14-25-22(13-26(27)34-19-7-9-38(17-39)10-8-19)29(32-16-31-25)36-24-6-5-20(11-23(24)30)41-21-12-28(37-33-15-21)35-18-3-2-4-18;1-3-2/h5-6,11-19,34H,2-4,7-10H2,1H3,(H,35,37)(H,31,32,36);3H,1H2,2H3. The molecule has 1 saturated carbocycles. The lowest BCUT2D eigenvalue weighted by Gasteiger charge is -2.30. The number of rotatable bonds is 10. The SMILES string of the molecule is C=CC.COc1cc2ncnc(Nc3ccc(Oc4cnnc(NC5CCC5)c4)cc3F)c2cc1NC1CCN(C=O)CC1. The zero-order valence-electron chi connectivity index (χ0n) is 24.9. The van der Waals surface area contributed by atoms with E-state index in [9.17, 15) is 4.79 Å². The van der Waals surface area contributed by atoms with Gasteiger partial charge < -0.3 is 30.3 Å². The number of carbonyl (C=O) groups excluding carboxylic acids is 1. The highest BCUT2D eigenvalue weighted by Gasteiger charge is 2.21. The summed E-state index contributed by atoms with van der Waals surface area (Å²) in [6.07, 6.45) is 10.6. The van der Waals surface area contributed by atoms with E-state index in [1.54, 1.807) is 36.3 Å². The molecule has 44 heavy (non-hydrogen) atoms. The molecular weight excluding hydrogens is 563 g/mol. The molecule has 2 fully saturated rings. The number of hydrogen-bond acceptors (Lipinski definition) is 10. The van der Waals surface area contributed by atoms with E-state index < -0.39 is 5.82 Å². The van der Waals surface area contributed by atoms with Crippen LogP contribution in [0.25, 0.3) is 10.9 Å². The Morgan fingerprint density at radius 1 is 1.00 bits per heavy atom. The minimum absolute atomic E-state index is 0.184. The van der Waals surface area contributed by atoms with Gasteiger partial charge in [0.1, 0.15) is 29.5 Å². The number of ether oxygens (including phenoxy) is 2. The molecular formula is C32H37FN8O3. The van der Waals surface area contributed by atoms with Gasteiger partial charge in [-0.2, -0.15) is 5.10 Å². The average Bonchev–Trinajstić information content (AvgIpc) is 3.01. The largest absolute Gasteiger partial charge is 0.495 e. The highest BCUT2D eigenvalue weighted by molar-refractivity contribution is 5.95. The second-order valence-corrected chi connectivity index (χ2v) is 10.7. The van der Waals surface area contributed by atoms with E-state index in [-0.39, 0.29) is 11.7 Å². The number of halogens is 1. The number of piperidine rings is 1. The number of carbonyl (C=O) groups is 1. The first-order valence-electron chi connectivity index (χ1n) is 14.7. The van der Waals surface area contributed by atoms with Gasteiger partial charge in [0.25, 0.3) is 0 Å². The summed E-state index contributed by atoms with van der Waals surface area (Å²) < 4.78 is 26.7. The van der Waals surface area contributed by atoms with Crippen molar-refractivity contribution in [1.29, 1.82) is 0 Å². The number of hydrogen-bond donors (Lipinski definition) is 3. The number of likely N-dealkylation sites (tertiary alicyclic amines) is 1. The van der Waals surface area contributed by atoms with Crippen LogP contribution in [0.3, 0.4) is 0 Å². The Bertz CT molecular complexity index is 1590. The molecule has 2 aliphatic rings. The minimum atomic E-state index is -0.502. The first kappa shape index (κ1) is 30.5. The quantitative estimate of drug-likeness (QED) is 0.141. The van der Waals surface area contributed by atoms with E-state index in [0.29, 0.717) is 58.9 Å².